The number of hydrogen-bond acceptors (Lipinski definition) is 5. The van der Waals surface area contributed by atoms with Gasteiger partial charge < -0.3 is 9.47 Å². The second-order valence-electron chi connectivity index (χ2n) is 4.58. The minimum atomic E-state index is -0.416. The van der Waals surface area contributed by atoms with Crippen LogP contribution in [0.3, 0.4) is 0 Å². The van der Waals surface area contributed by atoms with Crippen LogP contribution >= 0.6 is 0 Å². The molecule has 6 heteroatoms. The summed E-state index contributed by atoms with van der Waals surface area (Å²) in [6, 6.07) is 11.7. The Labute approximate surface area is 127 Å². The molecule has 0 radical (unpaired) electrons. The van der Waals surface area contributed by atoms with E-state index in [1.807, 2.05) is 6.07 Å². The van der Waals surface area contributed by atoms with E-state index in [4.69, 9.17) is 14.7 Å². The number of rotatable bonds is 5. The average molecular weight is 298 g/mol. The number of nitrogens with zero attached hydrogens (tertiary/aromatic N) is 2. The first-order chi connectivity index (χ1) is 10.6. The largest absolute Gasteiger partial charge is 0.493 e. The number of nitro groups is 1. The van der Waals surface area contributed by atoms with Gasteiger partial charge in [0.15, 0.2) is 11.5 Å². The van der Waals surface area contributed by atoms with E-state index in [-0.39, 0.29) is 12.3 Å². The summed E-state index contributed by atoms with van der Waals surface area (Å²) in [5, 5.41) is 19.8. The molecule has 2 aromatic carbocycles. The van der Waals surface area contributed by atoms with Crippen LogP contribution in [-0.2, 0) is 6.61 Å². The van der Waals surface area contributed by atoms with Crippen molar-refractivity contribution >= 4 is 5.69 Å². The van der Waals surface area contributed by atoms with Crippen LogP contribution in [0.5, 0.6) is 11.5 Å². The zero-order chi connectivity index (χ0) is 16.1. The summed E-state index contributed by atoms with van der Waals surface area (Å²) in [5.41, 5.74) is 1.82. The highest BCUT2D eigenvalue weighted by Gasteiger charge is 2.14. The molecule has 0 bridgehead atoms. The Balaban J connectivity index is 2.22. The van der Waals surface area contributed by atoms with E-state index in [0.29, 0.717) is 22.6 Å². The SMILES string of the molecule is COc1cc(C#N)ccc1OCc1cccc([N+](=O)[O-])c1C. The number of methoxy groups -OCH3 is 1. The van der Waals surface area contributed by atoms with Crippen molar-refractivity contribution in [3.05, 3.63) is 63.2 Å². The number of ether oxygens (including phenoxy) is 2. The van der Waals surface area contributed by atoms with Gasteiger partial charge in [-0.15, -0.1) is 0 Å². The first kappa shape index (κ1) is 15.3. The van der Waals surface area contributed by atoms with Gasteiger partial charge in [0, 0.05) is 17.7 Å². The third-order valence-electron chi connectivity index (χ3n) is 3.29. The first-order valence-electron chi connectivity index (χ1n) is 6.50. The number of benzene rings is 2. The van der Waals surface area contributed by atoms with Crippen LogP contribution in [0.2, 0.25) is 0 Å². The summed E-state index contributed by atoms with van der Waals surface area (Å²) in [7, 11) is 1.49. The maximum atomic E-state index is 10.9. The normalized spacial score (nSPS) is 9.86. The molecule has 0 amide bonds. The van der Waals surface area contributed by atoms with Gasteiger partial charge in [-0.05, 0) is 24.6 Å². The Morgan fingerprint density at radius 2 is 2.05 bits per heavy atom. The van der Waals surface area contributed by atoms with Crippen LogP contribution in [0, 0.1) is 28.4 Å². The second kappa shape index (κ2) is 6.59. The molecule has 22 heavy (non-hydrogen) atoms. The minimum absolute atomic E-state index is 0.0629. The number of nitriles is 1. The molecule has 0 heterocycles. The standard InChI is InChI=1S/C16H14N2O4/c1-11-13(4-3-5-14(11)18(19)20)10-22-15-7-6-12(9-17)8-16(15)21-2/h3-8H,10H2,1-2H3. The summed E-state index contributed by atoms with van der Waals surface area (Å²) in [4.78, 5) is 10.5. The monoisotopic (exact) mass is 298 g/mol. The third-order valence-corrected chi connectivity index (χ3v) is 3.29. The Morgan fingerprint density at radius 1 is 1.27 bits per heavy atom. The van der Waals surface area contributed by atoms with E-state index in [0.717, 1.165) is 5.56 Å². The van der Waals surface area contributed by atoms with Crippen molar-refractivity contribution in [2.24, 2.45) is 0 Å². The third kappa shape index (κ3) is 3.15. The van der Waals surface area contributed by atoms with Crippen molar-refractivity contribution in [3.63, 3.8) is 0 Å². The molecule has 0 aliphatic rings. The van der Waals surface area contributed by atoms with Gasteiger partial charge in [0.05, 0.1) is 23.7 Å². The van der Waals surface area contributed by atoms with E-state index >= 15 is 0 Å². The van der Waals surface area contributed by atoms with Gasteiger partial charge in [0.25, 0.3) is 5.69 Å². The fraction of sp³-hybridized carbons (Fsp3) is 0.188. The second-order valence-corrected chi connectivity index (χ2v) is 4.58. The molecule has 0 saturated carbocycles. The highest BCUT2D eigenvalue weighted by atomic mass is 16.6. The molecule has 0 aliphatic heterocycles. The minimum Gasteiger partial charge on any atom is -0.493 e. The van der Waals surface area contributed by atoms with Gasteiger partial charge in [-0.2, -0.15) is 5.26 Å². The van der Waals surface area contributed by atoms with Gasteiger partial charge in [-0.3, -0.25) is 10.1 Å². The average Bonchev–Trinajstić information content (AvgIpc) is 2.53. The molecular formula is C16H14N2O4. The van der Waals surface area contributed by atoms with Crippen LogP contribution in [0.4, 0.5) is 5.69 Å². The lowest BCUT2D eigenvalue weighted by molar-refractivity contribution is -0.385. The molecule has 0 spiro atoms. The quantitative estimate of drug-likeness (QED) is 0.624. The van der Waals surface area contributed by atoms with Crippen molar-refractivity contribution in [2.45, 2.75) is 13.5 Å². The van der Waals surface area contributed by atoms with E-state index in [9.17, 15) is 10.1 Å². The molecule has 0 aliphatic carbocycles. The molecule has 2 aromatic rings. The summed E-state index contributed by atoms with van der Waals surface area (Å²) in [6.45, 7) is 1.86. The molecule has 0 aromatic heterocycles. The molecule has 0 N–H and O–H groups in total. The van der Waals surface area contributed by atoms with Gasteiger partial charge >= 0.3 is 0 Å². The highest BCUT2D eigenvalue weighted by Crippen LogP contribution is 2.29. The van der Waals surface area contributed by atoms with Crippen molar-refractivity contribution in [1.82, 2.24) is 0 Å². The van der Waals surface area contributed by atoms with E-state index in [2.05, 4.69) is 0 Å². The molecule has 0 unspecified atom stereocenters. The van der Waals surface area contributed by atoms with Crippen molar-refractivity contribution < 1.29 is 14.4 Å². The molecule has 0 atom stereocenters. The van der Waals surface area contributed by atoms with Crippen LogP contribution < -0.4 is 9.47 Å². The lowest BCUT2D eigenvalue weighted by Crippen LogP contribution is -2.02. The molecule has 0 saturated heterocycles. The van der Waals surface area contributed by atoms with Gasteiger partial charge in [-0.25, -0.2) is 0 Å². The van der Waals surface area contributed by atoms with Crippen LogP contribution in [0.25, 0.3) is 0 Å². The summed E-state index contributed by atoms with van der Waals surface area (Å²) < 4.78 is 10.9. The Morgan fingerprint density at radius 3 is 2.68 bits per heavy atom. The fourth-order valence-electron chi connectivity index (χ4n) is 2.04. The summed E-state index contributed by atoms with van der Waals surface area (Å²) >= 11 is 0. The summed E-state index contributed by atoms with van der Waals surface area (Å²) in [5.74, 6) is 0.926. The topological polar surface area (TPSA) is 85.4 Å². The van der Waals surface area contributed by atoms with E-state index in [1.54, 1.807) is 37.3 Å². The van der Waals surface area contributed by atoms with Crippen LogP contribution in [-0.4, -0.2) is 12.0 Å². The van der Waals surface area contributed by atoms with E-state index in [1.165, 1.54) is 13.2 Å². The maximum Gasteiger partial charge on any atom is 0.272 e. The lowest BCUT2D eigenvalue weighted by Gasteiger charge is -2.12. The Bertz CT molecular complexity index is 750. The summed E-state index contributed by atoms with van der Waals surface area (Å²) in [6.07, 6.45) is 0. The number of nitro benzene ring substituents is 1. The molecule has 112 valence electrons. The van der Waals surface area contributed by atoms with Crippen molar-refractivity contribution in [2.75, 3.05) is 7.11 Å². The Kier molecular flexibility index (Phi) is 4.59. The smallest absolute Gasteiger partial charge is 0.272 e. The van der Waals surface area contributed by atoms with Gasteiger partial charge in [-0.1, -0.05) is 12.1 Å². The fourth-order valence-corrected chi connectivity index (χ4v) is 2.04. The zero-order valence-electron chi connectivity index (χ0n) is 12.2. The maximum absolute atomic E-state index is 10.9. The predicted molar refractivity (Wildman–Crippen MR) is 79.9 cm³/mol. The van der Waals surface area contributed by atoms with E-state index < -0.39 is 4.92 Å². The van der Waals surface area contributed by atoms with Crippen molar-refractivity contribution in [1.29, 1.82) is 5.26 Å². The molecule has 2 rings (SSSR count). The zero-order valence-corrected chi connectivity index (χ0v) is 12.2. The molecule has 0 fully saturated rings. The van der Waals surface area contributed by atoms with Crippen molar-refractivity contribution in [3.8, 4) is 17.6 Å². The Hall–Kier alpha value is -3.07. The molecule has 6 nitrogen and oxygen atoms in total. The molecular weight excluding hydrogens is 284 g/mol. The van der Waals surface area contributed by atoms with Crippen LogP contribution in [0.15, 0.2) is 36.4 Å². The highest BCUT2D eigenvalue weighted by molar-refractivity contribution is 5.48. The first-order valence-corrected chi connectivity index (χ1v) is 6.50. The lowest BCUT2D eigenvalue weighted by atomic mass is 10.1. The predicted octanol–water partition coefficient (Wildman–Crippen LogP) is 3.36. The number of hydrogen-bond donors (Lipinski definition) is 0. The van der Waals surface area contributed by atoms with Gasteiger partial charge in [0.1, 0.15) is 6.61 Å². The van der Waals surface area contributed by atoms with Crippen LogP contribution in [0.1, 0.15) is 16.7 Å². The van der Waals surface area contributed by atoms with Gasteiger partial charge in [0.2, 0.25) is 0 Å².